The molecular weight excluding hydrogens is 264 g/mol. The summed E-state index contributed by atoms with van der Waals surface area (Å²) in [6, 6.07) is 7.97. The molecule has 1 fully saturated rings. The zero-order valence-electron chi connectivity index (χ0n) is 13.1. The third-order valence-corrected chi connectivity index (χ3v) is 4.40. The molecule has 4 heteroatoms. The fourth-order valence-corrected chi connectivity index (χ4v) is 3.18. The van der Waals surface area contributed by atoms with Crippen LogP contribution in [-0.4, -0.2) is 33.2 Å². The van der Waals surface area contributed by atoms with Crippen molar-refractivity contribution in [3.8, 4) is 5.75 Å². The van der Waals surface area contributed by atoms with Gasteiger partial charge in [-0.05, 0) is 50.6 Å². The summed E-state index contributed by atoms with van der Waals surface area (Å²) >= 11 is 0. The second-order valence-electron chi connectivity index (χ2n) is 5.73. The van der Waals surface area contributed by atoms with Gasteiger partial charge in [0.05, 0.1) is 12.5 Å². The summed E-state index contributed by atoms with van der Waals surface area (Å²) in [7, 11) is 3.59. The van der Waals surface area contributed by atoms with Gasteiger partial charge in [-0.25, -0.2) is 0 Å². The molecule has 0 unspecified atom stereocenters. The van der Waals surface area contributed by atoms with Gasteiger partial charge in [0, 0.05) is 6.54 Å². The molecule has 0 heterocycles. The van der Waals surface area contributed by atoms with Gasteiger partial charge in [0.25, 0.3) is 0 Å². The van der Waals surface area contributed by atoms with E-state index in [0.29, 0.717) is 0 Å². The van der Waals surface area contributed by atoms with E-state index in [1.54, 1.807) is 7.11 Å². The molecule has 2 rings (SSSR count). The number of methoxy groups -OCH3 is 1. The Kier molecular flexibility index (Phi) is 5.62. The van der Waals surface area contributed by atoms with E-state index in [0.717, 1.165) is 56.5 Å². The van der Waals surface area contributed by atoms with E-state index in [2.05, 4.69) is 16.7 Å². The summed E-state index contributed by atoms with van der Waals surface area (Å²) in [4.78, 5) is 12.8. The summed E-state index contributed by atoms with van der Waals surface area (Å²) in [6.07, 6.45) is 5.04. The van der Waals surface area contributed by atoms with E-state index in [1.807, 2.05) is 25.2 Å². The van der Waals surface area contributed by atoms with Crippen LogP contribution in [0.2, 0.25) is 0 Å². The van der Waals surface area contributed by atoms with Crippen molar-refractivity contribution in [2.45, 2.75) is 37.5 Å². The van der Waals surface area contributed by atoms with E-state index >= 15 is 0 Å². The molecule has 21 heavy (non-hydrogen) atoms. The fourth-order valence-electron chi connectivity index (χ4n) is 3.18. The molecule has 0 spiro atoms. The molecule has 0 aliphatic heterocycles. The van der Waals surface area contributed by atoms with Crippen molar-refractivity contribution in [3.05, 3.63) is 29.8 Å². The van der Waals surface area contributed by atoms with Gasteiger partial charge < -0.3 is 15.4 Å². The van der Waals surface area contributed by atoms with Crippen LogP contribution in [-0.2, 0) is 10.2 Å². The van der Waals surface area contributed by atoms with Crippen LogP contribution in [0.25, 0.3) is 0 Å². The Hall–Kier alpha value is -1.55. The highest BCUT2D eigenvalue weighted by molar-refractivity contribution is 5.88. The molecule has 1 aliphatic carbocycles. The van der Waals surface area contributed by atoms with Gasteiger partial charge in [0.1, 0.15) is 5.75 Å². The maximum absolute atomic E-state index is 12.8. The smallest absolute Gasteiger partial charge is 0.230 e. The van der Waals surface area contributed by atoms with Crippen LogP contribution in [0.1, 0.15) is 37.7 Å². The van der Waals surface area contributed by atoms with Gasteiger partial charge in [0.15, 0.2) is 0 Å². The number of hydrogen-bond acceptors (Lipinski definition) is 3. The molecule has 1 amide bonds. The van der Waals surface area contributed by atoms with Gasteiger partial charge in [0.2, 0.25) is 5.91 Å². The molecule has 0 bridgehead atoms. The largest absolute Gasteiger partial charge is 0.497 e. The van der Waals surface area contributed by atoms with Crippen molar-refractivity contribution in [3.63, 3.8) is 0 Å². The highest BCUT2D eigenvalue weighted by Crippen LogP contribution is 2.42. The number of carbonyl (C=O) groups excluding carboxylic acids is 1. The molecule has 0 radical (unpaired) electrons. The summed E-state index contributed by atoms with van der Waals surface area (Å²) in [5, 5.41) is 6.22. The lowest BCUT2D eigenvalue weighted by atomic mass is 9.78. The Labute approximate surface area is 127 Å². The van der Waals surface area contributed by atoms with Crippen molar-refractivity contribution in [2.75, 3.05) is 27.2 Å². The van der Waals surface area contributed by atoms with Gasteiger partial charge in [-0.15, -0.1) is 0 Å². The van der Waals surface area contributed by atoms with Crippen molar-refractivity contribution in [2.24, 2.45) is 0 Å². The monoisotopic (exact) mass is 290 g/mol. The number of benzene rings is 1. The van der Waals surface area contributed by atoms with Gasteiger partial charge in [-0.3, -0.25) is 4.79 Å². The average molecular weight is 290 g/mol. The summed E-state index contributed by atoms with van der Waals surface area (Å²) in [6.45, 7) is 1.65. The molecule has 4 nitrogen and oxygen atoms in total. The molecule has 0 aromatic heterocycles. The van der Waals surface area contributed by atoms with Crippen LogP contribution in [0.5, 0.6) is 5.75 Å². The number of ether oxygens (including phenoxy) is 1. The Morgan fingerprint density at radius 3 is 2.71 bits per heavy atom. The number of carbonyl (C=O) groups is 1. The van der Waals surface area contributed by atoms with Gasteiger partial charge in [-0.2, -0.15) is 0 Å². The minimum absolute atomic E-state index is 0.171. The first kappa shape index (κ1) is 15.8. The zero-order valence-corrected chi connectivity index (χ0v) is 13.1. The molecule has 1 aromatic rings. The summed E-state index contributed by atoms with van der Waals surface area (Å²) in [5.74, 6) is 0.992. The van der Waals surface area contributed by atoms with E-state index in [1.165, 1.54) is 0 Å². The molecule has 0 atom stereocenters. The van der Waals surface area contributed by atoms with E-state index in [4.69, 9.17) is 4.74 Å². The van der Waals surface area contributed by atoms with E-state index < -0.39 is 0 Å². The van der Waals surface area contributed by atoms with Gasteiger partial charge >= 0.3 is 0 Å². The predicted molar refractivity (Wildman–Crippen MR) is 84.7 cm³/mol. The number of hydrogen-bond donors (Lipinski definition) is 2. The molecule has 1 saturated carbocycles. The molecular formula is C17H26N2O2. The Bertz CT molecular complexity index is 468. The van der Waals surface area contributed by atoms with Crippen LogP contribution in [0, 0.1) is 0 Å². The Balaban J connectivity index is 2.13. The minimum Gasteiger partial charge on any atom is -0.497 e. The standard InChI is InChI=1S/C17H26N2O2/c1-18-11-6-12-19-16(20)17(9-3-4-10-17)14-7-5-8-15(13-14)21-2/h5,7-8,13,18H,3-4,6,9-12H2,1-2H3,(H,19,20). The Morgan fingerprint density at radius 1 is 1.29 bits per heavy atom. The highest BCUT2D eigenvalue weighted by Gasteiger charge is 2.42. The zero-order chi connectivity index (χ0) is 15.1. The second kappa shape index (κ2) is 7.46. The second-order valence-corrected chi connectivity index (χ2v) is 5.73. The van der Waals surface area contributed by atoms with Crippen molar-refractivity contribution < 1.29 is 9.53 Å². The van der Waals surface area contributed by atoms with Crippen molar-refractivity contribution in [1.29, 1.82) is 0 Å². The maximum atomic E-state index is 12.8. The van der Waals surface area contributed by atoms with Crippen LogP contribution in [0.15, 0.2) is 24.3 Å². The third kappa shape index (κ3) is 3.56. The molecule has 116 valence electrons. The van der Waals surface area contributed by atoms with E-state index in [-0.39, 0.29) is 11.3 Å². The molecule has 0 saturated heterocycles. The first-order valence-electron chi connectivity index (χ1n) is 7.80. The fraction of sp³-hybridized carbons (Fsp3) is 0.588. The Morgan fingerprint density at radius 2 is 2.05 bits per heavy atom. The lowest BCUT2D eigenvalue weighted by Gasteiger charge is -2.28. The molecule has 1 aromatic carbocycles. The SMILES string of the molecule is CNCCCNC(=O)C1(c2cccc(OC)c2)CCCC1. The van der Waals surface area contributed by atoms with Crippen LogP contribution >= 0.6 is 0 Å². The minimum atomic E-state index is -0.367. The lowest BCUT2D eigenvalue weighted by Crippen LogP contribution is -2.43. The predicted octanol–water partition coefficient (Wildman–Crippen LogP) is 2.23. The van der Waals surface area contributed by atoms with Crippen LogP contribution in [0.4, 0.5) is 0 Å². The third-order valence-electron chi connectivity index (χ3n) is 4.40. The number of rotatable bonds is 7. The number of amides is 1. The molecule has 2 N–H and O–H groups in total. The lowest BCUT2D eigenvalue weighted by molar-refractivity contribution is -0.126. The topological polar surface area (TPSA) is 50.4 Å². The maximum Gasteiger partial charge on any atom is 0.230 e. The first-order valence-corrected chi connectivity index (χ1v) is 7.80. The normalized spacial score (nSPS) is 16.7. The van der Waals surface area contributed by atoms with E-state index in [9.17, 15) is 4.79 Å². The van der Waals surface area contributed by atoms with Crippen molar-refractivity contribution in [1.82, 2.24) is 10.6 Å². The van der Waals surface area contributed by atoms with Gasteiger partial charge in [-0.1, -0.05) is 25.0 Å². The van der Waals surface area contributed by atoms with Crippen LogP contribution in [0.3, 0.4) is 0 Å². The summed E-state index contributed by atoms with van der Waals surface area (Å²) < 4.78 is 5.31. The van der Waals surface area contributed by atoms with Crippen molar-refractivity contribution >= 4 is 5.91 Å². The molecule has 1 aliphatic rings. The summed E-state index contributed by atoms with van der Waals surface area (Å²) in [5.41, 5.74) is 0.722. The first-order chi connectivity index (χ1) is 10.2. The van der Waals surface area contributed by atoms with Crippen LogP contribution < -0.4 is 15.4 Å². The average Bonchev–Trinajstić information content (AvgIpc) is 3.02. The quantitative estimate of drug-likeness (QED) is 0.757. The number of nitrogens with one attached hydrogen (secondary N) is 2. The highest BCUT2D eigenvalue weighted by atomic mass is 16.5.